The monoisotopic (exact) mass is 217 g/mol. The summed E-state index contributed by atoms with van der Waals surface area (Å²) in [4.78, 5) is 3.78. The molecule has 0 spiro atoms. The number of aromatic nitrogens is 2. The number of rotatable bonds is 1. The summed E-state index contributed by atoms with van der Waals surface area (Å²) in [5.74, 6) is 0. The van der Waals surface area contributed by atoms with Gasteiger partial charge < -0.3 is 4.57 Å². The topological polar surface area (TPSA) is 41.6 Å². The van der Waals surface area contributed by atoms with Crippen LogP contribution >= 0.6 is 12.6 Å². The van der Waals surface area contributed by atoms with Crippen LogP contribution in [-0.2, 0) is 19.5 Å². The van der Waals surface area contributed by atoms with Gasteiger partial charge in [-0.2, -0.15) is 5.26 Å². The number of nitriles is 1. The first kappa shape index (κ1) is 13.0. The fourth-order valence-corrected chi connectivity index (χ4v) is 0.377. The molecule has 0 unspecified atom stereocenters. The molecule has 5 heteroatoms. The fourth-order valence-electron chi connectivity index (χ4n) is 0.377. The summed E-state index contributed by atoms with van der Waals surface area (Å²) >= 11 is 3.09. The zero-order valence-corrected chi connectivity index (χ0v) is 9.87. The van der Waals surface area contributed by atoms with Crippen molar-refractivity contribution in [2.75, 3.05) is 0 Å². The van der Waals surface area contributed by atoms with Crippen molar-refractivity contribution in [3.63, 3.8) is 0 Å². The SMILES string of the molecule is C=Cn1ccnc1.N#CS.[Zn]. The smallest absolute Gasteiger partial charge is 0.130 e. The molecule has 0 aromatic carbocycles. The van der Waals surface area contributed by atoms with Crippen molar-refractivity contribution < 1.29 is 19.5 Å². The van der Waals surface area contributed by atoms with E-state index in [2.05, 4.69) is 24.2 Å². The number of thiocyanates is 1. The van der Waals surface area contributed by atoms with Gasteiger partial charge >= 0.3 is 0 Å². The van der Waals surface area contributed by atoms with Crippen LogP contribution in [0.4, 0.5) is 0 Å². The molecular formula is C6H7N3SZn. The maximum absolute atomic E-state index is 7.18. The van der Waals surface area contributed by atoms with Gasteiger partial charge in [0.25, 0.3) is 0 Å². The molecule has 3 nitrogen and oxygen atoms in total. The summed E-state index contributed by atoms with van der Waals surface area (Å²) in [6.07, 6.45) is 6.91. The summed E-state index contributed by atoms with van der Waals surface area (Å²) in [6, 6.07) is 0. The van der Waals surface area contributed by atoms with Crippen LogP contribution in [0.1, 0.15) is 0 Å². The molecule has 0 saturated carbocycles. The van der Waals surface area contributed by atoms with Crippen molar-refractivity contribution in [3.8, 4) is 5.40 Å². The van der Waals surface area contributed by atoms with Crippen LogP contribution in [0.15, 0.2) is 25.3 Å². The Kier molecular flexibility index (Phi) is 11.2. The summed E-state index contributed by atoms with van der Waals surface area (Å²) in [6.45, 7) is 3.53. The molecule has 0 N–H and O–H groups in total. The summed E-state index contributed by atoms with van der Waals surface area (Å²) in [5, 5.41) is 8.63. The van der Waals surface area contributed by atoms with Gasteiger partial charge in [-0.05, 0) is 0 Å². The number of hydrogen-bond acceptors (Lipinski definition) is 3. The molecule has 0 amide bonds. The second kappa shape index (κ2) is 9.41. The van der Waals surface area contributed by atoms with Crippen LogP contribution in [0.3, 0.4) is 0 Å². The van der Waals surface area contributed by atoms with Crippen molar-refractivity contribution >= 4 is 18.8 Å². The fraction of sp³-hybridized carbons (Fsp3) is 0. The van der Waals surface area contributed by atoms with E-state index in [1.165, 1.54) is 5.40 Å². The summed E-state index contributed by atoms with van der Waals surface area (Å²) in [5.41, 5.74) is 0. The zero-order valence-electron chi connectivity index (χ0n) is 6.01. The Balaban J connectivity index is 0. The van der Waals surface area contributed by atoms with E-state index in [0.717, 1.165) is 0 Å². The van der Waals surface area contributed by atoms with E-state index in [1.54, 1.807) is 23.3 Å². The minimum absolute atomic E-state index is 0. The van der Waals surface area contributed by atoms with E-state index < -0.39 is 0 Å². The minimum atomic E-state index is 0. The molecule has 0 aliphatic heterocycles. The summed E-state index contributed by atoms with van der Waals surface area (Å²) < 4.78 is 1.78. The van der Waals surface area contributed by atoms with Gasteiger partial charge in [0.15, 0.2) is 0 Å². The van der Waals surface area contributed by atoms with Crippen LogP contribution < -0.4 is 0 Å². The molecule has 0 bridgehead atoms. The maximum atomic E-state index is 7.18. The van der Waals surface area contributed by atoms with Crippen molar-refractivity contribution in [1.82, 2.24) is 9.55 Å². The van der Waals surface area contributed by atoms with Crippen molar-refractivity contribution in [3.05, 3.63) is 25.3 Å². The van der Waals surface area contributed by atoms with E-state index in [4.69, 9.17) is 5.26 Å². The van der Waals surface area contributed by atoms with E-state index >= 15 is 0 Å². The van der Waals surface area contributed by atoms with Crippen LogP contribution in [0.2, 0.25) is 0 Å². The third-order valence-electron chi connectivity index (χ3n) is 0.736. The van der Waals surface area contributed by atoms with Crippen molar-refractivity contribution in [2.24, 2.45) is 0 Å². The quantitative estimate of drug-likeness (QED) is 0.440. The molecule has 54 valence electrons. The average Bonchev–Trinajstić information content (AvgIpc) is 2.39. The molecule has 0 atom stereocenters. The summed E-state index contributed by atoms with van der Waals surface area (Å²) in [7, 11) is 0. The van der Waals surface area contributed by atoms with Gasteiger partial charge in [-0.3, -0.25) is 0 Å². The molecular weight excluding hydrogens is 212 g/mol. The molecule has 1 aromatic heterocycles. The number of imidazole rings is 1. The van der Waals surface area contributed by atoms with Gasteiger partial charge in [-0.1, -0.05) is 19.2 Å². The van der Waals surface area contributed by atoms with E-state index in [0.29, 0.717) is 0 Å². The Bertz CT molecular complexity index is 214. The Labute approximate surface area is 83.9 Å². The zero-order chi connectivity index (χ0) is 7.82. The number of thiol groups is 1. The Morgan fingerprint density at radius 1 is 1.73 bits per heavy atom. The molecule has 0 aliphatic rings. The van der Waals surface area contributed by atoms with Crippen LogP contribution in [0.5, 0.6) is 0 Å². The predicted octanol–water partition coefficient (Wildman–Crippen LogP) is 1.38. The minimum Gasteiger partial charge on any atom is -0.314 e. The van der Waals surface area contributed by atoms with Crippen LogP contribution in [0.25, 0.3) is 6.20 Å². The largest absolute Gasteiger partial charge is 0.314 e. The molecule has 1 aromatic rings. The second-order valence-corrected chi connectivity index (χ2v) is 1.49. The normalized spacial score (nSPS) is 6.18. The molecule has 0 saturated heterocycles. The molecule has 11 heavy (non-hydrogen) atoms. The van der Waals surface area contributed by atoms with Gasteiger partial charge in [-0.15, -0.1) is 0 Å². The van der Waals surface area contributed by atoms with Gasteiger partial charge in [0.2, 0.25) is 0 Å². The third kappa shape index (κ3) is 7.31. The first-order valence-corrected chi connectivity index (χ1v) is 2.93. The molecule has 0 aliphatic carbocycles. The molecule has 0 radical (unpaired) electrons. The van der Waals surface area contributed by atoms with Crippen molar-refractivity contribution in [2.45, 2.75) is 0 Å². The predicted molar refractivity (Wildman–Crippen MR) is 43.2 cm³/mol. The van der Waals surface area contributed by atoms with E-state index in [9.17, 15) is 0 Å². The van der Waals surface area contributed by atoms with Crippen LogP contribution in [0, 0.1) is 10.7 Å². The van der Waals surface area contributed by atoms with Gasteiger partial charge in [0.05, 0.1) is 6.33 Å². The molecule has 1 rings (SSSR count). The average molecular weight is 219 g/mol. The van der Waals surface area contributed by atoms with E-state index in [1.807, 2.05) is 6.20 Å². The van der Waals surface area contributed by atoms with Gasteiger partial charge in [0, 0.05) is 38.1 Å². The van der Waals surface area contributed by atoms with Gasteiger partial charge in [0.1, 0.15) is 5.40 Å². The Hall–Kier alpha value is -0.587. The number of nitrogens with zero attached hydrogens (tertiary/aromatic N) is 3. The molecule has 1 heterocycles. The standard InChI is InChI=1S/C5H6N2.CHNS.Zn/c1-2-7-4-3-6-5-7;2-1-3;/h2-5H,1H2;3H;. The molecule has 0 fully saturated rings. The van der Waals surface area contributed by atoms with Gasteiger partial charge in [-0.25, -0.2) is 4.98 Å². The third-order valence-corrected chi connectivity index (χ3v) is 0.736. The first-order chi connectivity index (χ1) is 4.85. The Morgan fingerprint density at radius 3 is 2.45 bits per heavy atom. The Morgan fingerprint density at radius 2 is 2.27 bits per heavy atom. The first-order valence-electron chi connectivity index (χ1n) is 2.48. The van der Waals surface area contributed by atoms with E-state index in [-0.39, 0.29) is 19.5 Å². The van der Waals surface area contributed by atoms with Crippen LogP contribution in [-0.4, -0.2) is 9.55 Å². The van der Waals surface area contributed by atoms with Crippen molar-refractivity contribution in [1.29, 1.82) is 5.26 Å². The number of hydrogen-bond donors (Lipinski definition) is 1. The maximum Gasteiger partial charge on any atom is 0.130 e. The second-order valence-electron chi connectivity index (χ2n) is 1.29.